The summed E-state index contributed by atoms with van der Waals surface area (Å²) >= 11 is 1.54. The summed E-state index contributed by atoms with van der Waals surface area (Å²) in [6.07, 6.45) is 10.5. The summed E-state index contributed by atoms with van der Waals surface area (Å²) in [6.45, 7) is 6.71. The van der Waals surface area contributed by atoms with E-state index in [1.807, 2.05) is 43.1 Å². The number of nitrogens with zero attached hydrogens (tertiary/aromatic N) is 2. The zero-order valence-corrected chi connectivity index (χ0v) is 19.3. The number of fused-ring (bicyclic) bond motifs is 2. The number of aliphatic hydroxyl groups excluding tert-OH is 1. The van der Waals surface area contributed by atoms with Crippen LogP contribution in [0.3, 0.4) is 0 Å². The lowest BCUT2D eigenvalue weighted by molar-refractivity contribution is -0.154. The predicted octanol–water partition coefficient (Wildman–Crippen LogP) is 1.76. The first-order valence-electron chi connectivity index (χ1n) is 11.2. The zero-order valence-electron chi connectivity index (χ0n) is 18.5. The SMILES string of the molecule is CCCC(C)N1CC=C[C@]23S[C@@]4(C)C=CCCOC(=O)[C@H]4[C@H]2C(=O)N(CCO)C3C1=O. The minimum absolute atomic E-state index is 0.0444. The zero-order chi connectivity index (χ0) is 22.4. The molecule has 2 amide bonds. The van der Waals surface area contributed by atoms with Crippen LogP contribution < -0.4 is 0 Å². The van der Waals surface area contributed by atoms with Crippen molar-refractivity contribution in [3.8, 4) is 0 Å². The van der Waals surface area contributed by atoms with Crippen molar-refractivity contribution in [3.63, 3.8) is 0 Å². The molecule has 4 aliphatic heterocycles. The van der Waals surface area contributed by atoms with E-state index in [2.05, 4.69) is 6.92 Å². The molecule has 4 rings (SSSR count). The van der Waals surface area contributed by atoms with E-state index in [-0.39, 0.29) is 37.0 Å². The summed E-state index contributed by atoms with van der Waals surface area (Å²) in [5.41, 5.74) is 0. The molecule has 0 aliphatic carbocycles. The molecule has 4 heterocycles. The lowest BCUT2D eigenvalue weighted by Gasteiger charge is -2.38. The van der Waals surface area contributed by atoms with Gasteiger partial charge < -0.3 is 19.6 Å². The highest BCUT2D eigenvalue weighted by atomic mass is 32.2. The van der Waals surface area contributed by atoms with Crippen LogP contribution in [0.15, 0.2) is 24.3 Å². The van der Waals surface area contributed by atoms with E-state index in [1.165, 1.54) is 16.7 Å². The normalized spacial score (nSPS) is 38.2. The smallest absolute Gasteiger partial charge is 0.311 e. The highest BCUT2D eigenvalue weighted by Crippen LogP contribution is 2.65. The fourth-order valence-electron chi connectivity index (χ4n) is 5.82. The third-order valence-electron chi connectivity index (χ3n) is 7.13. The molecule has 4 aliphatic rings. The molecular weight excluding hydrogens is 416 g/mol. The molecule has 0 aromatic heterocycles. The summed E-state index contributed by atoms with van der Waals surface area (Å²) in [7, 11) is 0. The lowest BCUT2D eigenvalue weighted by atomic mass is 9.74. The third-order valence-corrected chi connectivity index (χ3v) is 8.93. The number of rotatable bonds is 5. The van der Waals surface area contributed by atoms with Gasteiger partial charge in [0.15, 0.2) is 0 Å². The van der Waals surface area contributed by atoms with Crippen molar-refractivity contribution >= 4 is 29.5 Å². The van der Waals surface area contributed by atoms with Crippen LogP contribution in [0.2, 0.25) is 0 Å². The van der Waals surface area contributed by atoms with Gasteiger partial charge in [-0.25, -0.2) is 0 Å². The van der Waals surface area contributed by atoms with Gasteiger partial charge in [0.05, 0.1) is 29.8 Å². The van der Waals surface area contributed by atoms with Crippen LogP contribution in [0.25, 0.3) is 0 Å². The number of esters is 1. The maximum absolute atomic E-state index is 13.9. The monoisotopic (exact) mass is 448 g/mol. The number of hydrogen-bond donors (Lipinski definition) is 1. The molecule has 1 N–H and O–H groups in total. The number of carbonyl (C=O) groups excluding carboxylic acids is 3. The minimum Gasteiger partial charge on any atom is -0.465 e. The molecule has 2 unspecified atom stereocenters. The van der Waals surface area contributed by atoms with E-state index in [9.17, 15) is 19.5 Å². The molecule has 1 spiro atoms. The molecule has 0 radical (unpaired) electrons. The second kappa shape index (κ2) is 8.28. The van der Waals surface area contributed by atoms with Crippen LogP contribution in [-0.4, -0.2) is 80.6 Å². The van der Waals surface area contributed by atoms with Gasteiger partial charge >= 0.3 is 5.97 Å². The maximum atomic E-state index is 13.9. The van der Waals surface area contributed by atoms with E-state index < -0.39 is 27.4 Å². The topological polar surface area (TPSA) is 87.2 Å². The van der Waals surface area contributed by atoms with Crippen LogP contribution in [0.1, 0.15) is 40.0 Å². The van der Waals surface area contributed by atoms with Crippen molar-refractivity contribution in [1.82, 2.24) is 9.80 Å². The fraction of sp³-hybridized carbons (Fsp3) is 0.696. The number of ether oxygens (including phenoxy) is 1. The van der Waals surface area contributed by atoms with Crippen LogP contribution in [0, 0.1) is 11.8 Å². The Hall–Kier alpha value is -1.80. The number of carbonyl (C=O) groups is 3. The van der Waals surface area contributed by atoms with E-state index in [4.69, 9.17) is 4.74 Å². The molecule has 0 bridgehead atoms. The van der Waals surface area contributed by atoms with Crippen molar-refractivity contribution < 1.29 is 24.2 Å². The maximum Gasteiger partial charge on any atom is 0.311 e. The summed E-state index contributed by atoms with van der Waals surface area (Å²) in [5, 5.41) is 9.68. The fourth-order valence-corrected chi connectivity index (χ4v) is 7.98. The van der Waals surface area contributed by atoms with Gasteiger partial charge in [-0.2, -0.15) is 0 Å². The van der Waals surface area contributed by atoms with Gasteiger partial charge in [0.2, 0.25) is 11.8 Å². The number of cyclic esters (lactones) is 1. The molecule has 0 saturated carbocycles. The summed E-state index contributed by atoms with van der Waals surface area (Å²) in [5.74, 6) is -2.09. The van der Waals surface area contributed by atoms with Crippen molar-refractivity contribution in [2.75, 3.05) is 26.3 Å². The van der Waals surface area contributed by atoms with Crippen LogP contribution in [0.5, 0.6) is 0 Å². The van der Waals surface area contributed by atoms with E-state index in [0.29, 0.717) is 19.6 Å². The van der Waals surface area contributed by atoms with Gasteiger partial charge in [-0.3, -0.25) is 14.4 Å². The number of β-amino-alcohol motifs (C(OH)–C–C–N with tert-alkyl or cyclic N) is 1. The van der Waals surface area contributed by atoms with Crippen molar-refractivity contribution in [2.24, 2.45) is 11.8 Å². The molecule has 7 nitrogen and oxygen atoms in total. The van der Waals surface area contributed by atoms with Crippen molar-refractivity contribution in [1.29, 1.82) is 0 Å². The van der Waals surface area contributed by atoms with Gasteiger partial charge in [0, 0.05) is 23.9 Å². The highest BCUT2D eigenvalue weighted by Gasteiger charge is 2.73. The highest BCUT2D eigenvalue weighted by molar-refractivity contribution is 8.02. The first-order valence-corrected chi connectivity index (χ1v) is 12.1. The minimum atomic E-state index is -0.864. The van der Waals surface area contributed by atoms with E-state index >= 15 is 0 Å². The number of likely N-dealkylation sites (tertiary alicyclic amines) is 1. The quantitative estimate of drug-likeness (QED) is 0.509. The van der Waals surface area contributed by atoms with Gasteiger partial charge in [-0.15, -0.1) is 11.8 Å². The molecular formula is C23H32N2O5S. The Morgan fingerprint density at radius 2 is 2.00 bits per heavy atom. The number of amides is 2. The molecule has 0 aromatic carbocycles. The standard InChI is InChI=1S/C23H32N2O5S/c1-4-8-15(2)24-11-7-10-23-16(19(27)25(12-13-26)18(23)20(24)28)17-21(29)30-14-6-5-9-22(17,3)31-23/h5,7,9-10,15-18,26H,4,6,8,11-14H2,1-3H3/t15?,16-,17+,18?,22-,23-/m0/s1. The summed E-state index contributed by atoms with van der Waals surface area (Å²) < 4.78 is 3.99. The number of thioether (sulfide) groups is 1. The Kier molecular flexibility index (Phi) is 5.98. The molecule has 2 fully saturated rings. The molecule has 0 aromatic rings. The summed E-state index contributed by atoms with van der Waals surface area (Å²) in [6, 6.07) is -0.700. The van der Waals surface area contributed by atoms with E-state index in [1.54, 1.807) is 0 Å². The second-order valence-electron chi connectivity index (χ2n) is 9.14. The van der Waals surface area contributed by atoms with Crippen LogP contribution >= 0.6 is 11.8 Å². The summed E-state index contributed by atoms with van der Waals surface area (Å²) in [4.78, 5) is 44.1. The van der Waals surface area contributed by atoms with Crippen molar-refractivity contribution in [3.05, 3.63) is 24.3 Å². The second-order valence-corrected chi connectivity index (χ2v) is 10.9. The first kappa shape index (κ1) is 22.4. The molecule has 8 heteroatoms. The number of aliphatic hydroxyl groups is 1. The molecule has 6 atom stereocenters. The molecule has 2 saturated heterocycles. The van der Waals surface area contributed by atoms with E-state index in [0.717, 1.165) is 12.8 Å². The largest absolute Gasteiger partial charge is 0.465 e. The lowest BCUT2D eigenvalue weighted by Crippen LogP contribution is -2.55. The molecule has 31 heavy (non-hydrogen) atoms. The Bertz CT molecular complexity index is 829. The van der Waals surface area contributed by atoms with Gasteiger partial charge in [-0.05, 0) is 26.7 Å². The average Bonchev–Trinajstić information content (AvgIpc) is 3.02. The van der Waals surface area contributed by atoms with Gasteiger partial charge in [-0.1, -0.05) is 37.6 Å². The van der Waals surface area contributed by atoms with Gasteiger partial charge in [0.25, 0.3) is 0 Å². The number of hydrogen-bond acceptors (Lipinski definition) is 6. The Morgan fingerprint density at radius 3 is 2.71 bits per heavy atom. The third kappa shape index (κ3) is 3.33. The predicted molar refractivity (Wildman–Crippen MR) is 118 cm³/mol. The Balaban J connectivity index is 1.84. The van der Waals surface area contributed by atoms with Crippen LogP contribution in [-0.2, 0) is 19.1 Å². The first-order chi connectivity index (χ1) is 14.8. The average molecular weight is 449 g/mol. The Labute approximate surface area is 187 Å². The van der Waals surface area contributed by atoms with Gasteiger partial charge in [0.1, 0.15) is 6.04 Å². The Morgan fingerprint density at radius 1 is 1.23 bits per heavy atom. The van der Waals surface area contributed by atoms with Crippen molar-refractivity contribution in [2.45, 2.75) is 61.6 Å². The molecule has 170 valence electrons. The van der Waals surface area contributed by atoms with Crippen LogP contribution in [0.4, 0.5) is 0 Å².